The Morgan fingerprint density at radius 3 is 1.87 bits per heavy atom. The summed E-state index contributed by atoms with van der Waals surface area (Å²) in [6, 6.07) is 7.46. The van der Waals surface area contributed by atoms with E-state index in [1.54, 1.807) is 0 Å². The predicted molar refractivity (Wildman–Crippen MR) is 105 cm³/mol. The van der Waals surface area contributed by atoms with Crippen molar-refractivity contribution in [1.82, 2.24) is 14.7 Å². The van der Waals surface area contributed by atoms with Gasteiger partial charge in [0, 0.05) is 45.8 Å². The Morgan fingerprint density at radius 2 is 1.37 bits per heavy atom. The Hall–Kier alpha value is -2.03. The van der Waals surface area contributed by atoms with Gasteiger partial charge < -0.3 is 16.2 Å². The van der Waals surface area contributed by atoms with Crippen molar-refractivity contribution in [3.05, 3.63) is 35.4 Å². The fourth-order valence-corrected chi connectivity index (χ4v) is 4.13. The largest absolute Gasteiger partial charge is 1.15 e. The van der Waals surface area contributed by atoms with E-state index in [-0.39, 0.29) is 19.5 Å². The van der Waals surface area contributed by atoms with Crippen LogP contribution in [0.1, 0.15) is 11.1 Å². The van der Waals surface area contributed by atoms with Gasteiger partial charge in [-0.1, -0.05) is 24.3 Å². The van der Waals surface area contributed by atoms with Crippen molar-refractivity contribution in [3.8, 4) is 0 Å². The lowest BCUT2D eigenvalue weighted by atomic mass is 10.1. The lowest BCUT2D eigenvalue weighted by Crippen LogP contribution is -2.40. The molecule has 0 aliphatic carbocycles. The van der Waals surface area contributed by atoms with Crippen LogP contribution in [0.2, 0.25) is 0 Å². The Labute approximate surface area is 179 Å². The Balaban J connectivity index is 1.67. The maximum atomic E-state index is 13.7. The van der Waals surface area contributed by atoms with Crippen LogP contribution < -0.4 is 0 Å². The van der Waals surface area contributed by atoms with E-state index in [0.29, 0.717) is 45.8 Å². The van der Waals surface area contributed by atoms with Gasteiger partial charge in [0.2, 0.25) is 0 Å². The molecule has 9 nitrogen and oxygen atoms in total. The number of hydrogen-bond acceptors (Lipinski definition) is 8. The number of halogens is 1. The molecular weight excluding hydrogens is 411 g/mol. The first kappa shape index (κ1) is 22.7. The van der Waals surface area contributed by atoms with Gasteiger partial charge in [-0.2, -0.15) is 0 Å². The Morgan fingerprint density at radius 1 is 0.900 bits per heavy atom. The molecule has 1 aromatic rings. The smallest absolute Gasteiger partial charge is 0.558 e. The standard InChI is InChI=1S/C19H27N3O6.Al.FH/c23-17(24)11-15-1-3-16(4-2-15)12-20-5-7-21(13-18(25)26)9-10-22(8-6-20)14-19(27)28;;/h1-4H,5-14H2,(H,23,24)(H,25,26)(H,27,28);;1H/q;+3;/p-3/i;;1-1. The summed E-state index contributed by atoms with van der Waals surface area (Å²) in [5.74, 6) is -2.29. The predicted octanol–water partition coefficient (Wildman–Crippen LogP) is -0.212. The van der Waals surface area contributed by atoms with Gasteiger partial charge >= 0.3 is 21.2 Å². The highest BCUT2D eigenvalue weighted by atomic mass is 27.3. The van der Waals surface area contributed by atoms with Gasteiger partial charge in [-0.25, -0.2) is 0 Å². The highest BCUT2D eigenvalue weighted by Crippen LogP contribution is 2.11. The van der Waals surface area contributed by atoms with Crippen LogP contribution in [0.4, 0.5) is 3.52 Å². The summed E-state index contributed by atoms with van der Waals surface area (Å²) in [6.07, 6.45) is -0.0112. The van der Waals surface area contributed by atoms with Crippen LogP contribution in [-0.2, 0) is 34.9 Å². The van der Waals surface area contributed by atoms with Crippen LogP contribution in [0.3, 0.4) is 0 Å². The van der Waals surface area contributed by atoms with Gasteiger partial charge in [0.1, 0.15) is 0 Å². The van der Waals surface area contributed by atoms with Gasteiger partial charge in [0.15, 0.2) is 0 Å². The van der Waals surface area contributed by atoms with Crippen molar-refractivity contribution >= 4 is 33.2 Å². The highest BCUT2D eigenvalue weighted by molar-refractivity contribution is 6.41. The maximum absolute atomic E-state index is 13.7. The lowest BCUT2D eigenvalue weighted by Gasteiger charge is -2.26. The quantitative estimate of drug-likeness (QED) is 0.643. The third-order valence-corrected chi connectivity index (χ3v) is 6.03. The van der Waals surface area contributed by atoms with E-state index in [1.165, 1.54) is 0 Å². The maximum Gasteiger partial charge on any atom is 1.15 e. The number of aliphatic carboxylic acids is 1. The third-order valence-electron chi connectivity index (χ3n) is 5.14. The molecule has 0 aromatic heterocycles. The van der Waals surface area contributed by atoms with Crippen molar-refractivity contribution in [2.45, 2.75) is 13.0 Å². The molecule has 2 bridgehead atoms. The normalized spacial score (nSPS) is 24.1. The molecule has 0 radical (unpaired) electrons. The van der Waals surface area contributed by atoms with Crippen LogP contribution >= 0.6 is 0 Å². The van der Waals surface area contributed by atoms with Crippen LogP contribution in [0.25, 0.3) is 0 Å². The van der Waals surface area contributed by atoms with Crippen LogP contribution in [0, 0.1) is 0 Å². The highest BCUT2D eigenvalue weighted by Gasteiger charge is 2.42. The minimum Gasteiger partial charge on any atom is -0.558 e. The van der Waals surface area contributed by atoms with E-state index in [4.69, 9.17) is 5.11 Å². The molecule has 0 amide bonds. The zero-order valence-electron chi connectivity index (χ0n) is 16.7. The number of hydrogen-bond donors (Lipinski definition) is 1. The number of carboxylic acid groups (broad SMARTS) is 1. The van der Waals surface area contributed by atoms with E-state index in [2.05, 4.69) is 12.5 Å². The summed E-state index contributed by atoms with van der Waals surface area (Å²) in [7, 11) is 0. The summed E-state index contributed by atoms with van der Waals surface area (Å²) >= 11 is -3.79. The minimum atomic E-state index is -3.79. The molecule has 2 aliphatic heterocycles. The summed E-state index contributed by atoms with van der Waals surface area (Å²) < 4.78 is 23.0. The van der Waals surface area contributed by atoms with Crippen LogP contribution in [0.5, 0.6) is 0 Å². The third kappa shape index (κ3) is 7.34. The van der Waals surface area contributed by atoms with Gasteiger partial charge in [-0.05, 0) is 11.1 Å². The molecule has 1 N–H and O–H groups in total. The molecule has 2 atom stereocenters. The Bertz CT molecular complexity index is 733. The van der Waals surface area contributed by atoms with Crippen molar-refractivity contribution in [3.63, 3.8) is 0 Å². The fourth-order valence-electron chi connectivity index (χ4n) is 3.52. The number of carbonyl (C=O) groups is 3. The number of nitrogens with zero attached hydrogens (tertiary/aromatic N) is 3. The average molecular weight is 436 g/mol. The van der Waals surface area contributed by atoms with E-state index in [0.717, 1.165) is 11.1 Å². The number of carboxylic acids is 1. The van der Waals surface area contributed by atoms with Gasteiger partial charge in [0.25, 0.3) is 11.9 Å². The van der Waals surface area contributed by atoms with Gasteiger partial charge in [-0.15, -0.1) is 0 Å². The summed E-state index contributed by atoms with van der Waals surface area (Å²) in [5, 5.41) is 8.89. The van der Waals surface area contributed by atoms with Gasteiger partial charge in [-0.3, -0.25) is 29.1 Å². The molecule has 2 fully saturated rings. The molecule has 3 rings (SSSR count). The van der Waals surface area contributed by atoms with E-state index in [1.807, 2.05) is 34.1 Å². The topological polar surface area (TPSA) is 99.6 Å². The van der Waals surface area contributed by atoms with E-state index in [9.17, 15) is 17.9 Å². The zero-order chi connectivity index (χ0) is 21.5. The van der Waals surface area contributed by atoms with Crippen molar-refractivity contribution in [2.75, 3.05) is 52.4 Å². The van der Waals surface area contributed by atoms with E-state index >= 15 is 0 Å². The second kappa shape index (κ2) is 10.8. The molecule has 0 saturated carbocycles. The van der Waals surface area contributed by atoms with Gasteiger partial charge in [0.05, 0.1) is 19.5 Å². The van der Waals surface area contributed by atoms with Crippen LogP contribution in [0.15, 0.2) is 24.3 Å². The molecule has 30 heavy (non-hydrogen) atoms. The monoisotopic (exact) mass is 436 g/mol. The molecule has 2 unspecified atom stereocenters. The summed E-state index contributed by atoms with van der Waals surface area (Å²) in [4.78, 5) is 40.8. The molecule has 2 saturated heterocycles. The molecular formula is C19H25AlFN3O6. The first-order chi connectivity index (χ1) is 14.4. The number of fused-ring (bicyclic) bond motifs is 3. The average Bonchev–Trinajstić information content (AvgIpc) is 2.73. The second-order valence-corrected chi connectivity index (χ2v) is 8.49. The SMILES string of the molecule is O=C(O)Cc1ccc(CN2CCN3CCN(CC2)CC(=O)[O][Al]([18F])[O]C(=O)C3)cc1. The number of rotatable bonds is 4. The lowest BCUT2D eigenvalue weighted by molar-refractivity contribution is -0.142. The molecule has 0 spiro atoms. The molecule has 2 heterocycles. The van der Waals surface area contributed by atoms with Crippen LogP contribution in [-0.4, -0.2) is 105 Å². The molecule has 2 aliphatic rings. The van der Waals surface area contributed by atoms with Crippen molar-refractivity contribution in [1.29, 1.82) is 0 Å². The van der Waals surface area contributed by atoms with Crippen molar-refractivity contribution < 1.29 is 30.6 Å². The summed E-state index contributed by atoms with van der Waals surface area (Å²) in [6.45, 7) is 4.30. The Kier molecular flexibility index (Phi) is 8.18. The minimum absolute atomic E-state index is 0.0112. The zero-order valence-corrected chi connectivity index (χ0v) is 17.8. The first-order valence-corrected chi connectivity index (χ1v) is 11.2. The number of benzene rings is 1. The van der Waals surface area contributed by atoms with E-state index < -0.39 is 33.2 Å². The summed E-state index contributed by atoms with van der Waals surface area (Å²) in [5.41, 5.74) is 1.79. The molecule has 162 valence electrons. The number of carbonyl (C=O) groups excluding carboxylic acids is 2. The first-order valence-electron chi connectivity index (χ1n) is 9.87. The van der Waals surface area contributed by atoms with Crippen molar-refractivity contribution in [2.24, 2.45) is 0 Å². The second-order valence-electron chi connectivity index (χ2n) is 7.47. The fraction of sp³-hybridized carbons (Fsp3) is 0.526. The molecule has 11 heteroatoms. The molecule has 1 aromatic carbocycles.